The predicted molar refractivity (Wildman–Crippen MR) is 75.5 cm³/mol. The molecule has 0 saturated carbocycles. The molecule has 1 nitrogen and oxygen atoms in total. The fourth-order valence-electron chi connectivity index (χ4n) is 1.79. The summed E-state index contributed by atoms with van der Waals surface area (Å²) in [5, 5.41) is -0.327. The van der Waals surface area contributed by atoms with Crippen LogP contribution in [0.2, 0.25) is 5.02 Å². The summed E-state index contributed by atoms with van der Waals surface area (Å²) < 4.78 is 12.8. The Kier molecular flexibility index (Phi) is 4.23. The highest BCUT2D eigenvalue weighted by Gasteiger charge is 2.21. The Bertz CT molecular complexity index is 608. The fourth-order valence-corrected chi connectivity index (χ4v) is 2.23. The number of ketones is 1. The standard InChI is InChI=1S/C15H11Cl2FO/c1-9-12(3-2-4-13(9)16)15(19)14(17)10-5-7-11(18)8-6-10/h2-8,14H,1H3. The highest BCUT2D eigenvalue weighted by Crippen LogP contribution is 2.28. The van der Waals surface area contributed by atoms with Crippen molar-refractivity contribution in [3.8, 4) is 0 Å². The zero-order valence-electron chi connectivity index (χ0n) is 10.2. The van der Waals surface area contributed by atoms with Crippen molar-refractivity contribution in [1.29, 1.82) is 0 Å². The smallest absolute Gasteiger partial charge is 0.185 e. The van der Waals surface area contributed by atoms with Crippen LogP contribution in [0.5, 0.6) is 0 Å². The van der Waals surface area contributed by atoms with Crippen molar-refractivity contribution in [3.05, 3.63) is 70.0 Å². The minimum atomic E-state index is -0.849. The number of rotatable bonds is 3. The molecule has 4 heteroatoms. The molecule has 98 valence electrons. The van der Waals surface area contributed by atoms with Crippen LogP contribution in [-0.2, 0) is 0 Å². The van der Waals surface area contributed by atoms with Gasteiger partial charge in [0.15, 0.2) is 5.78 Å². The summed E-state index contributed by atoms with van der Waals surface area (Å²) in [4.78, 5) is 12.3. The number of hydrogen-bond acceptors (Lipinski definition) is 1. The van der Waals surface area contributed by atoms with Crippen molar-refractivity contribution >= 4 is 29.0 Å². The average Bonchev–Trinajstić information content (AvgIpc) is 2.41. The lowest BCUT2D eigenvalue weighted by Gasteiger charge is -2.11. The molecule has 0 heterocycles. The second kappa shape index (κ2) is 5.72. The molecule has 0 aliphatic carbocycles. The zero-order chi connectivity index (χ0) is 14.0. The molecule has 2 aromatic carbocycles. The Morgan fingerprint density at radius 1 is 1.16 bits per heavy atom. The number of halogens is 3. The molecule has 0 aliphatic rings. The van der Waals surface area contributed by atoms with Crippen molar-refractivity contribution in [3.63, 3.8) is 0 Å². The van der Waals surface area contributed by atoms with Gasteiger partial charge in [0, 0.05) is 10.6 Å². The van der Waals surface area contributed by atoms with Crippen LogP contribution >= 0.6 is 23.2 Å². The monoisotopic (exact) mass is 296 g/mol. The summed E-state index contributed by atoms with van der Waals surface area (Å²) in [7, 11) is 0. The van der Waals surface area contributed by atoms with E-state index in [0.29, 0.717) is 21.7 Å². The van der Waals surface area contributed by atoms with Crippen LogP contribution in [0.25, 0.3) is 0 Å². The van der Waals surface area contributed by atoms with Gasteiger partial charge in [-0.25, -0.2) is 4.39 Å². The lowest BCUT2D eigenvalue weighted by molar-refractivity contribution is 0.0986. The van der Waals surface area contributed by atoms with Crippen molar-refractivity contribution in [1.82, 2.24) is 0 Å². The van der Waals surface area contributed by atoms with E-state index < -0.39 is 5.38 Å². The molecule has 2 aromatic rings. The van der Waals surface area contributed by atoms with Crippen LogP contribution in [0.15, 0.2) is 42.5 Å². The third-order valence-corrected chi connectivity index (χ3v) is 3.79. The van der Waals surface area contributed by atoms with Crippen LogP contribution in [-0.4, -0.2) is 5.78 Å². The van der Waals surface area contributed by atoms with Crippen LogP contribution in [0.1, 0.15) is 26.9 Å². The maximum Gasteiger partial charge on any atom is 0.185 e. The summed E-state index contributed by atoms with van der Waals surface area (Å²) in [5.74, 6) is -0.604. The molecule has 2 rings (SSSR count). The van der Waals surface area contributed by atoms with Crippen LogP contribution in [0.3, 0.4) is 0 Å². The molecule has 0 aromatic heterocycles. The first kappa shape index (κ1) is 14.0. The highest BCUT2D eigenvalue weighted by atomic mass is 35.5. The third-order valence-electron chi connectivity index (χ3n) is 2.93. The lowest BCUT2D eigenvalue weighted by Crippen LogP contribution is -2.09. The van der Waals surface area contributed by atoms with Crippen LogP contribution < -0.4 is 0 Å². The summed E-state index contributed by atoms with van der Waals surface area (Å²) in [6.07, 6.45) is 0. The van der Waals surface area contributed by atoms with Gasteiger partial charge in [0.25, 0.3) is 0 Å². The minimum absolute atomic E-state index is 0.242. The Morgan fingerprint density at radius 2 is 1.79 bits per heavy atom. The van der Waals surface area contributed by atoms with Gasteiger partial charge in [-0.2, -0.15) is 0 Å². The van der Waals surface area contributed by atoms with Gasteiger partial charge in [0.1, 0.15) is 11.2 Å². The van der Waals surface area contributed by atoms with E-state index >= 15 is 0 Å². The highest BCUT2D eigenvalue weighted by molar-refractivity contribution is 6.35. The molecule has 1 unspecified atom stereocenters. The number of hydrogen-bond donors (Lipinski definition) is 0. The second-order valence-corrected chi connectivity index (χ2v) is 5.03. The summed E-state index contributed by atoms with van der Waals surface area (Å²) in [6.45, 7) is 1.77. The van der Waals surface area contributed by atoms with E-state index in [2.05, 4.69) is 0 Å². The topological polar surface area (TPSA) is 17.1 Å². The van der Waals surface area contributed by atoms with Crippen molar-refractivity contribution in [2.24, 2.45) is 0 Å². The molecule has 0 amide bonds. The van der Waals surface area contributed by atoms with Gasteiger partial charge in [0.05, 0.1) is 0 Å². The Balaban J connectivity index is 2.33. The first-order valence-corrected chi connectivity index (χ1v) is 6.51. The van der Waals surface area contributed by atoms with E-state index in [0.717, 1.165) is 0 Å². The first-order chi connectivity index (χ1) is 9.00. The second-order valence-electron chi connectivity index (χ2n) is 4.19. The largest absolute Gasteiger partial charge is 0.292 e. The molecule has 0 bridgehead atoms. The SMILES string of the molecule is Cc1c(Cl)cccc1C(=O)C(Cl)c1ccc(F)cc1. The summed E-state index contributed by atoms with van der Waals surface area (Å²) in [5.41, 5.74) is 1.74. The van der Waals surface area contributed by atoms with Gasteiger partial charge in [-0.15, -0.1) is 11.6 Å². The fraction of sp³-hybridized carbons (Fsp3) is 0.133. The molecule has 19 heavy (non-hydrogen) atoms. The number of alkyl halides is 1. The molecular formula is C15H11Cl2FO. The Labute approximate surface area is 121 Å². The van der Waals surface area contributed by atoms with E-state index in [1.165, 1.54) is 24.3 Å². The van der Waals surface area contributed by atoms with E-state index in [-0.39, 0.29) is 11.6 Å². The number of benzene rings is 2. The Hall–Kier alpha value is -1.38. The molecule has 0 fully saturated rings. The number of Topliss-reactive ketones (excluding diaryl/α,β-unsaturated/α-hetero) is 1. The van der Waals surface area contributed by atoms with E-state index in [1.54, 1.807) is 25.1 Å². The molecule has 0 N–H and O–H groups in total. The quantitative estimate of drug-likeness (QED) is 0.578. The molecule has 0 aliphatic heterocycles. The van der Waals surface area contributed by atoms with E-state index in [1.807, 2.05) is 0 Å². The normalized spacial score (nSPS) is 12.2. The molecule has 0 radical (unpaired) electrons. The van der Waals surface area contributed by atoms with Crippen molar-refractivity contribution in [2.45, 2.75) is 12.3 Å². The van der Waals surface area contributed by atoms with E-state index in [9.17, 15) is 9.18 Å². The molecule has 1 atom stereocenters. The minimum Gasteiger partial charge on any atom is -0.292 e. The molecular weight excluding hydrogens is 286 g/mol. The predicted octanol–water partition coefficient (Wildman–Crippen LogP) is 4.95. The van der Waals surface area contributed by atoms with Crippen molar-refractivity contribution in [2.75, 3.05) is 0 Å². The number of carbonyl (C=O) groups is 1. The molecule has 0 spiro atoms. The number of carbonyl (C=O) groups excluding carboxylic acids is 1. The third kappa shape index (κ3) is 2.96. The maximum atomic E-state index is 12.8. The van der Waals surface area contributed by atoms with Gasteiger partial charge < -0.3 is 0 Å². The Morgan fingerprint density at radius 3 is 2.42 bits per heavy atom. The lowest BCUT2D eigenvalue weighted by atomic mass is 9.99. The average molecular weight is 297 g/mol. The zero-order valence-corrected chi connectivity index (χ0v) is 11.7. The van der Waals surface area contributed by atoms with E-state index in [4.69, 9.17) is 23.2 Å². The van der Waals surface area contributed by atoms with Crippen LogP contribution in [0, 0.1) is 12.7 Å². The van der Waals surface area contributed by atoms with Crippen molar-refractivity contribution < 1.29 is 9.18 Å². The van der Waals surface area contributed by atoms with Gasteiger partial charge >= 0.3 is 0 Å². The van der Waals surface area contributed by atoms with Gasteiger partial charge in [-0.1, -0.05) is 35.9 Å². The van der Waals surface area contributed by atoms with Gasteiger partial charge in [-0.05, 0) is 36.2 Å². The van der Waals surface area contributed by atoms with Gasteiger partial charge in [0.2, 0.25) is 0 Å². The maximum absolute atomic E-state index is 12.8. The molecule has 0 saturated heterocycles. The van der Waals surface area contributed by atoms with Gasteiger partial charge in [-0.3, -0.25) is 4.79 Å². The summed E-state index contributed by atoms with van der Waals surface area (Å²) in [6, 6.07) is 10.7. The first-order valence-electron chi connectivity index (χ1n) is 5.69. The van der Waals surface area contributed by atoms with Crippen LogP contribution in [0.4, 0.5) is 4.39 Å². The summed E-state index contributed by atoms with van der Waals surface area (Å²) >= 11 is 12.1.